The van der Waals surface area contributed by atoms with Crippen molar-refractivity contribution in [1.82, 2.24) is 35.6 Å². The molecule has 1 amide bonds. The van der Waals surface area contributed by atoms with E-state index in [1.165, 1.54) is 27.8 Å². The Morgan fingerprint density at radius 2 is 1.60 bits per heavy atom. The summed E-state index contributed by atoms with van der Waals surface area (Å²) < 4.78 is 0. The molecular weight excluding hydrogens is 582 g/mol. The van der Waals surface area contributed by atoms with Crippen LogP contribution in [0, 0.1) is 25.7 Å². The van der Waals surface area contributed by atoms with Gasteiger partial charge in [0.1, 0.15) is 16.7 Å². The molecule has 250 valence electrons. The number of hydrogen-bond acceptors (Lipinski definition) is 5. The van der Waals surface area contributed by atoms with Gasteiger partial charge in [-0.3, -0.25) is 4.79 Å². The Morgan fingerprint density at radius 1 is 0.915 bits per heavy atom. The first kappa shape index (κ1) is 34.3. The van der Waals surface area contributed by atoms with Crippen LogP contribution in [0.15, 0.2) is 48.7 Å². The highest BCUT2D eigenvalue weighted by Crippen LogP contribution is 2.38. The highest BCUT2D eigenvalue weighted by Gasteiger charge is 2.35. The molecule has 2 aromatic carbocycles. The van der Waals surface area contributed by atoms with Gasteiger partial charge < -0.3 is 15.2 Å². The molecule has 0 saturated heterocycles. The average Bonchev–Trinajstić information content (AvgIpc) is 3.63. The largest absolute Gasteiger partial charge is 0.341 e. The maximum atomic E-state index is 14.1. The summed E-state index contributed by atoms with van der Waals surface area (Å²) in [5.41, 5.74) is 10.2. The van der Waals surface area contributed by atoms with Gasteiger partial charge in [-0.1, -0.05) is 57.9 Å². The SMILES string of the molecule is Cc1cc(C)cc(-c2[nH]c3ncc(C(C)(C)C(=O)N(CC(C)C)CC(C)C)cc3c2C(C)CNCCCc2ccc3n[nH]nc3c2)c1. The summed E-state index contributed by atoms with van der Waals surface area (Å²) in [5, 5.41) is 15.9. The summed E-state index contributed by atoms with van der Waals surface area (Å²) >= 11 is 0. The smallest absolute Gasteiger partial charge is 0.232 e. The van der Waals surface area contributed by atoms with Crippen LogP contribution in [-0.4, -0.2) is 62.4 Å². The van der Waals surface area contributed by atoms with Crippen molar-refractivity contribution in [2.45, 2.75) is 86.5 Å². The number of pyridine rings is 1. The molecule has 3 heterocycles. The predicted molar refractivity (Wildman–Crippen MR) is 194 cm³/mol. The number of fused-ring (bicyclic) bond motifs is 2. The lowest BCUT2D eigenvalue weighted by molar-refractivity contribution is -0.137. The Bertz CT molecular complexity index is 1800. The second kappa shape index (κ2) is 14.4. The molecule has 8 heteroatoms. The lowest BCUT2D eigenvalue weighted by Crippen LogP contribution is -2.46. The van der Waals surface area contributed by atoms with E-state index >= 15 is 0 Å². The zero-order valence-electron chi connectivity index (χ0n) is 29.8. The van der Waals surface area contributed by atoms with E-state index in [2.05, 4.69) is 115 Å². The first-order valence-electron chi connectivity index (χ1n) is 17.2. The fourth-order valence-electron chi connectivity index (χ4n) is 6.81. The monoisotopic (exact) mass is 635 g/mol. The van der Waals surface area contributed by atoms with Crippen molar-refractivity contribution < 1.29 is 4.79 Å². The number of nitrogens with zero attached hydrogens (tertiary/aromatic N) is 4. The van der Waals surface area contributed by atoms with Gasteiger partial charge in [-0.05, 0) is 117 Å². The summed E-state index contributed by atoms with van der Waals surface area (Å²) in [5.74, 6) is 1.16. The number of carbonyl (C=O) groups is 1. The van der Waals surface area contributed by atoms with Crippen molar-refractivity contribution >= 4 is 28.0 Å². The van der Waals surface area contributed by atoms with E-state index in [4.69, 9.17) is 4.98 Å². The van der Waals surface area contributed by atoms with E-state index < -0.39 is 5.41 Å². The second-order valence-corrected chi connectivity index (χ2v) is 14.9. The number of rotatable bonds is 14. The van der Waals surface area contributed by atoms with Crippen molar-refractivity contribution in [3.63, 3.8) is 0 Å². The number of amides is 1. The highest BCUT2D eigenvalue weighted by atomic mass is 16.2. The minimum absolute atomic E-state index is 0.157. The fraction of sp³-hybridized carbons (Fsp3) is 0.487. The topological polar surface area (TPSA) is 103 Å². The molecule has 0 spiro atoms. The van der Waals surface area contributed by atoms with Crippen LogP contribution in [0.25, 0.3) is 33.3 Å². The first-order valence-corrected chi connectivity index (χ1v) is 17.2. The minimum Gasteiger partial charge on any atom is -0.341 e. The summed E-state index contributed by atoms with van der Waals surface area (Å²) in [4.78, 5) is 24.8. The van der Waals surface area contributed by atoms with E-state index in [-0.39, 0.29) is 11.8 Å². The van der Waals surface area contributed by atoms with Crippen LogP contribution in [0.3, 0.4) is 0 Å². The van der Waals surface area contributed by atoms with Crippen LogP contribution in [0.4, 0.5) is 0 Å². The van der Waals surface area contributed by atoms with Crippen LogP contribution in [0.1, 0.15) is 88.6 Å². The van der Waals surface area contributed by atoms with Gasteiger partial charge in [0.15, 0.2) is 0 Å². The second-order valence-electron chi connectivity index (χ2n) is 14.9. The van der Waals surface area contributed by atoms with E-state index in [0.717, 1.165) is 72.3 Å². The molecule has 0 aliphatic heterocycles. The molecule has 0 bridgehead atoms. The van der Waals surface area contributed by atoms with Crippen molar-refractivity contribution in [3.8, 4) is 11.3 Å². The van der Waals surface area contributed by atoms with Gasteiger partial charge in [0.2, 0.25) is 5.91 Å². The number of benzene rings is 2. The quantitative estimate of drug-likeness (QED) is 0.108. The Morgan fingerprint density at radius 3 is 2.28 bits per heavy atom. The molecule has 0 fully saturated rings. The van der Waals surface area contributed by atoms with Gasteiger partial charge >= 0.3 is 0 Å². The summed E-state index contributed by atoms with van der Waals surface area (Å²) in [6.45, 7) is 22.6. The fourth-order valence-corrected chi connectivity index (χ4v) is 6.81. The molecule has 0 saturated carbocycles. The van der Waals surface area contributed by atoms with Gasteiger partial charge in [-0.15, -0.1) is 0 Å². The zero-order chi connectivity index (χ0) is 33.9. The molecule has 0 aliphatic carbocycles. The van der Waals surface area contributed by atoms with Crippen LogP contribution in [-0.2, 0) is 16.6 Å². The highest BCUT2D eigenvalue weighted by molar-refractivity contribution is 5.92. The van der Waals surface area contributed by atoms with Crippen molar-refractivity contribution in [2.24, 2.45) is 11.8 Å². The van der Waals surface area contributed by atoms with Crippen LogP contribution >= 0.6 is 0 Å². The van der Waals surface area contributed by atoms with Crippen LogP contribution < -0.4 is 5.32 Å². The molecule has 5 aromatic rings. The van der Waals surface area contributed by atoms with Crippen molar-refractivity contribution in [3.05, 3.63) is 76.5 Å². The third-order valence-electron chi connectivity index (χ3n) is 9.06. The van der Waals surface area contributed by atoms with Crippen molar-refractivity contribution in [2.75, 3.05) is 26.2 Å². The lowest BCUT2D eigenvalue weighted by Gasteiger charge is -2.34. The molecule has 3 N–H and O–H groups in total. The summed E-state index contributed by atoms with van der Waals surface area (Å²) in [6.07, 6.45) is 3.90. The normalized spacial score (nSPS) is 12.9. The van der Waals surface area contributed by atoms with Gasteiger partial charge in [-0.25, -0.2) is 4.98 Å². The van der Waals surface area contributed by atoms with E-state index in [1.54, 1.807) is 0 Å². The van der Waals surface area contributed by atoms with Gasteiger partial charge in [0.05, 0.1) is 11.1 Å². The van der Waals surface area contributed by atoms with Crippen molar-refractivity contribution in [1.29, 1.82) is 0 Å². The summed E-state index contributed by atoms with van der Waals surface area (Å²) in [6, 6.07) is 15.2. The summed E-state index contributed by atoms with van der Waals surface area (Å²) in [7, 11) is 0. The average molecular weight is 636 g/mol. The number of aryl methyl sites for hydroxylation is 3. The molecule has 0 radical (unpaired) electrons. The minimum atomic E-state index is -0.712. The molecule has 1 unspecified atom stereocenters. The number of aromatic nitrogens is 5. The Balaban J connectivity index is 1.42. The third-order valence-corrected chi connectivity index (χ3v) is 9.06. The number of nitrogens with one attached hydrogen (secondary N) is 3. The van der Waals surface area contributed by atoms with Crippen LogP contribution in [0.5, 0.6) is 0 Å². The molecule has 8 nitrogen and oxygen atoms in total. The molecular formula is C39H53N7O. The Kier molecular flexibility index (Phi) is 10.5. The lowest BCUT2D eigenvalue weighted by atomic mass is 9.82. The molecule has 0 aliphatic rings. The number of aromatic amines is 2. The van der Waals surface area contributed by atoms with E-state index in [0.29, 0.717) is 11.8 Å². The Labute approximate surface area is 280 Å². The van der Waals surface area contributed by atoms with Crippen LogP contribution in [0.2, 0.25) is 0 Å². The maximum Gasteiger partial charge on any atom is 0.232 e. The number of H-pyrrole nitrogens is 2. The molecule has 5 rings (SSSR count). The maximum absolute atomic E-state index is 14.1. The van der Waals surface area contributed by atoms with Gasteiger partial charge in [0, 0.05) is 31.2 Å². The van der Waals surface area contributed by atoms with Gasteiger partial charge in [0.25, 0.3) is 0 Å². The molecule has 1 atom stereocenters. The zero-order valence-corrected chi connectivity index (χ0v) is 29.8. The number of carbonyl (C=O) groups excluding carboxylic acids is 1. The van der Waals surface area contributed by atoms with Gasteiger partial charge in [-0.2, -0.15) is 15.4 Å². The molecule has 47 heavy (non-hydrogen) atoms. The predicted octanol–water partition coefficient (Wildman–Crippen LogP) is 7.86. The third kappa shape index (κ3) is 7.92. The first-order chi connectivity index (χ1) is 22.3. The van der Waals surface area contributed by atoms with E-state index in [1.807, 2.05) is 26.1 Å². The Hall–Kier alpha value is -4.04. The molecule has 3 aromatic heterocycles. The number of hydrogen-bond donors (Lipinski definition) is 3. The van der Waals surface area contributed by atoms with E-state index in [9.17, 15) is 4.79 Å². The standard InChI is InChI=1S/C39H53N7O/c1-24(2)22-46(23-25(3)4)38(47)39(8,9)31-19-32-35(36(42-37(32)41-21-31)30-16-26(5)15-27(6)17-30)28(7)20-40-14-10-11-29-12-13-33-34(18-29)44-45-43-33/h12-13,15-19,21,24-25,28,40H,10-11,14,20,22-23H2,1-9H3,(H,41,42)(H,43,44,45).